The fourth-order valence-corrected chi connectivity index (χ4v) is 3.48. The molecule has 11 nitrogen and oxygen atoms in total. The number of primary amides is 1. The summed E-state index contributed by atoms with van der Waals surface area (Å²) in [7, 11) is 3.43. The topological polar surface area (TPSA) is 134 Å². The molecule has 1 saturated heterocycles. The highest BCUT2D eigenvalue weighted by molar-refractivity contribution is 5.96. The van der Waals surface area contributed by atoms with E-state index in [9.17, 15) is 9.59 Å². The number of carbonyl (C=O) groups excluding carboxylic acids is 2. The molecular formula is C19H27N9O2. The van der Waals surface area contributed by atoms with Crippen molar-refractivity contribution in [3.63, 3.8) is 0 Å². The first-order chi connectivity index (χ1) is 14.4. The highest BCUT2D eigenvalue weighted by atomic mass is 16.2. The number of rotatable bonds is 6. The van der Waals surface area contributed by atoms with Gasteiger partial charge in [0.15, 0.2) is 11.5 Å². The lowest BCUT2D eigenvalue weighted by Crippen LogP contribution is -2.50. The molecule has 0 radical (unpaired) electrons. The summed E-state index contributed by atoms with van der Waals surface area (Å²) in [5, 5.41) is 10.5. The first-order valence-electron chi connectivity index (χ1n) is 10.1. The zero-order valence-corrected chi connectivity index (χ0v) is 17.2. The number of anilines is 3. The molecule has 3 amide bonds. The Hall–Kier alpha value is -3.37. The molecule has 2 aromatic rings. The molecule has 0 spiro atoms. The molecule has 30 heavy (non-hydrogen) atoms. The fraction of sp³-hybridized carbons (Fsp3) is 0.526. The van der Waals surface area contributed by atoms with Gasteiger partial charge in [-0.15, -0.1) is 0 Å². The van der Waals surface area contributed by atoms with Crippen molar-refractivity contribution in [3.05, 3.63) is 24.3 Å². The van der Waals surface area contributed by atoms with Crippen LogP contribution >= 0.6 is 0 Å². The van der Waals surface area contributed by atoms with E-state index < -0.39 is 5.91 Å². The van der Waals surface area contributed by atoms with E-state index in [-0.39, 0.29) is 17.8 Å². The highest BCUT2D eigenvalue weighted by Gasteiger charge is 2.26. The number of nitrogens with one attached hydrogen (secondary N) is 2. The molecule has 2 fully saturated rings. The molecule has 11 heteroatoms. The maximum Gasteiger partial charge on any atom is 0.317 e. The standard InChI is InChI=1S/C19H27N9O2/c1-26(2)19(30)24-12-4-3-7-27(10-12)15-9-21-16(17(20)29)18(25-15)23-13-8-22-28(11-13)14-5-6-14/h8-9,11-12,14H,3-7,10H2,1-2H3,(H2,20,29)(H,23,25)(H,24,30). The first-order valence-corrected chi connectivity index (χ1v) is 10.1. The average molecular weight is 413 g/mol. The summed E-state index contributed by atoms with van der Waals surface area (Å²) in [6, 6.07) is 0.350. The molecule has 1 saturated carbocycles. The number of aromatic nitrogens is 4. The summed E-state index contributed by atoms with van der Waals surface area (Å²) in [5.74, 6) is 0.275. The van der Waals surface area contributed by atoms with Crippen molar-refractivity contribution in [1.82, 2.24) is 30.0 Å². The molecule has 1 aliphatic carbocycles. The maximum atomic E-state index is 12.0. The minimum Gasteiger partial charge on any atom is -0.364 e. The zero-order chi connectivity index (χ0) is 21.3. The molecular weight excluding hydrogens is 386 g/mol. The van der Waals surface area contributed by atoms with E-state index in [1.54, 1.807) is 26.5 Å². The van der Waals surface area contributed by atoms with Gasteiger partial charge < -0.3 is 26.2 Å². The number of urea groups is 1. The Morgan fingerprint density at radius 2 is 2.03 bits per heavy atom. The van der Waals surface area contributed by atoms with Crippen LogP contribution in [0, 0.1) is 0 Å². The smallest absolute Gasteiger partial charge is 0.317 e. The van der Waals surface area contributed by atoms with Crippen LogP contribution in [-0.2, 0) is 0 Å². The van der Waals surface area contributed by atoms with Crippen molar-refractivity contribution in [2.24, 2.45) is 5.73 Å². The molecule has 4 N–H and O–H groups in total. The second-order valence-corrected chi connectivity index (χ2v) is 7.98. The number of carbonyl (C=O) groups is 2. The van der Waals surface area contributed by atoms with Gasteiger partial charge in [0, 0.05) is 39.4 Å². The van der Waals surface area contributed by atoms with Gasteiger partial charge in [0.25, 0.3) is 5.91 Å². The molecule has 3 heterocycles. The van der Waals surface area contributed by atoms with Crippen molar-refractivity contribution in [3.8, 4) is 0 Å². The summed E-state index contributed by atoms with van der Waals surface area (Å²) in [5.41, 5.74) is 6.30. The predicted molar refractivity (Wildman–Crippen MR) is 112 cm³/mol. The summed E-state index contributed by atoms with van der Waals surface area (Å²) < 4.78 is 1.91. The third kappa shape index (κ3) is 4.44. The molecule has 1 atom stereocenters. The van der Waals surface area contributed by atoms with E-state index in [1.807, 2.05) is 10.9 Å². The van der Waals surface area contributed by atoms with E-state index in [1.165, 1.54) is 4.90 Å². The van der Waals surface area contributed by atoms with Crippen LogP contribution in [0.4, 0.5) is 22.1 Å². The molecule has 4 rings (SSSR count). The Balaban J connectivity index is 1.52. The van der Waals surface area contributed by atoms with Crippen molar-refractivity contribution in [1.29, 1.82) is 0 Å². The van der Waals surface area contributed by atoms with Gasteiger partial charge in [-0.05, 0) is 25.7 Å². The summed E-state index contributed by atoms with van der Waals surface area (Å²) in [6.45, 7) is 1.40. The third-order valence-electron chi connectivity index (χ3n) is 5.26. The Morgan fingerprint density at radius 1 is 1.23 bits per heavy atom. The second-order valence-electron chi connectivity index (χ2n) is 7.98. The number of piperidine rings is 1. The van der Waals surface area contributed by atoms with E-state index in [4.69, 9.17) is 5.73 Å². The Labute approximate surface area is 174 Å². The van der Waals surface area contributed by atoms with Crippen LogP contribution in [-0.4, -0.2) is 69.8 Å². The third-order valence-corrected chi connectivity index (χ3v) is 5.26. The molecule has 1 aliphatic heterocycles. The quantitative estimate of drug-likeness (QED) is 0.645. The maximum absolute atomic E-state index is 12.0. The van der Waals surface area contributed by atoms with Gasteiger partial charge >= 0.3 is 6.03 Å². The normalized spacial score (nSPS) is 18.7. The molecule has 1 unspecified atom stereocenters. The summed E-state index contributed by atoms with van der Waals surface area (Å²) >= 11 is 0. The Bertz CT molecular complexity index is 938. The average Bonchev–Trinajstić information content (AvgIpc) is 3.47. The van der Waals surface area contributed by atoms with E-state index in [0.29, 0.717) is 24.2 Å². The Morgan fingerprint density at radius 3 is 2.73 bits per heavy atom. The van der Waals surface area contributed by atoms with Crippen LogP contribution in [0.2, 0.25) is 0 Å². The monoisotopic (exact) mass is 413 g/mol. The van der Waals surface area contributed by atoms with Crippen LogP contribution < -0.4 is 21.3 Å². The molecule has 2 aliphatic rings. The predicted octanol–water partition coefficient (Wildman–Crippen LogP) is 1.09. The van der Waals surface area contributed by atoms with E-state index in [2.05, 4.69) is 30.6 Å². The van der Waals surface area contributed by atoms with Crippen LogP contribution in [0.25, 0.3) is 0 Å². The van der Waals surface area contributed by atoms with Gasteiger partial charge in [0.1, 0.15) is 5.82 Å². The lowest BCUT2D eigenvalue weighted by atomic mass is 10.1. The van der Waals surface area contributed by atoms with Gasteiger partial charge in [-0.3, -0.25) is 9.48 Å². The summed E-state index contributed by atoms with van der Waals surface area (Å²) in [6.07, 6.45) is 9.21. The molecule has 0 aromatic carbocycles. The van der Waals surface area contributed by atoms with Gasteiger partial charge in [0.05, 0.1) is 24.1 Å². The van der Waals surface area contributed by atoms with Crippen LogP contribution in [0.15, 0.2) is 18.6 Å². The SMILES string of the molecule is CN(C)C(=O)NC1CCCN(c2cnc(C(N)=O)c(Nc3cnn(C4CC4)c3)n2)C1. The minimum atomic E-state index is -0.652. The minimum absolute atomic E-state index is 0.0134. The number of nitrogens with zero attached hydrogens (tertiary/aromatic N) is 6. The van der Waals surface area contributed by atoms with Gasteiger partial charge in [-0.1, -0.05) is 0 Å². The van der Waals surface area contributed by atoms with E-state index >= 15 is 0 Å². The van der Waals surface area contributed by atoms with Gasteiger partial charge in [-0.25, -0.2) is 14.8 Å². The molecule has 160 valence electrons. The summed E-state index contributed by atoms with van der Waals surface area (Å²) in [4.78, 5) is 36.3. The lowest BCUT2D eigenvalue weighted by Gasteiger charge is -2.34. The van der Waals surface area contributed by atoms with Gasteiger partial charge in [0.2, 0.25) is 0 Å². The molecule has 2 aromatic heterocycles. The number of hydrogen-bond donors (Lipinski definition) is 3. The highest BCUT2D eigenvalue weighted by Crippen LogP contribution is 2.35. The number of hydrogen-bond acceptors (Lipinski definition) is 7. The van der Waals surface area contributed by atoms with Crippen LogP contribution in [0.5, 0.6) is 0 Å². The van der Waals surface area contributed by atoms with E-state index in [0.717, 1.165) is 37.9 Å². The number of nitrogens with two attached hydrogens (primary N) is 1. The fourth-order valence-electron chi connectivity index (χ4n) is 3.48. The lowest BCUT2D eigenvalue weighted by molar-refractivity contribution is 0.0996. The first kappa shape index (κ1) is 19.9. The van der Waals surface area contributed by atoms with Crippen molar-refractivity contribution >= 4 is 29.3 Å². The second kappa shape index (κ2) is 8.17. The van der Waals surface area contributed by atoms with Crippen molar-refractivity contribution in [2.45, 2.75) is 37.8 Å². The van der Waals surface area contributed by atoms with Crippen LogP contribution in [0.3, 0.4) is 0 Å². The largest absolute Gasteiger partial charge is 0.364 e. The van der Waals surface area contributed by atoms with Crippen molar-refractivity contribution in [2.75, 3.05) is 37.4 Å². The molecule has 0 bridgehead atoms. The van der Waals surface area contributed by atoms with Crippen molar-refractivity contribution < 1.29 is 9.59 Å². The van der Waals surface area contributed by atoms with Gasteiger partial charge in [-0.2, -0.15) is 5.10 Å². The Kier molecular flexibility index (Phi) is 5.42. The number of amides is 3. The zero-order valence-electron chi connectivity index (χ0n) is 17.2. The van der Waals surface area contributed by atoms with Crippen LogP contribution in [0.1, 0.15) is 42.2 Å².